The maximum Gasteiger partial charge on any atom is 0.573 e. The lowest BCUT2D eigenvalue weighted by molar-refractivity contribution is -0.274. The number of thioether (sulfide) groups is 1. The molecule has 230 valence electrons. The first-order chi connectivity index (χ1) is 21.2. The number of halogens is 3. The predicted molar refractivity (Wildman–Crippen MR) is 167 cm³/mol. The van der Waals surface area contributed by atoms with Crippen molar-refractivity contribution in [3.8, 4) is 22.8 Å². The smallest absolute Gasteiger partial charge is 0.406 e. The van der Waals surface area contributed by atoms with Crippen molar-refractivity contribution in [2.75, 3.05) is 23.9 Å². The normalized spacial score (nSPS) is 14.5. The summed E-state index contributed by atoms with van der Waals surface area (Å²) in [4.78, 5) is 23.6. The van der Waals surface area contributed by atoms with Crippen molar-refractivity contribution < 1.29 is 22.7 Å². The van der Waals surface area contributed by atoms with E-state index in [2.05, 4.69) is 51.3 Å². The van der Waals surface area contributed by atoms with E-state index in [1.54, 1.807) is 4.90 Å². The first-order valence-corrected chi connectivity index (χ1v) is 15.4. The summed E-state index contributed by atoms with van der Waals surface area (Å²) >= 11 is 1.48. The molecule has 1 amide bonds. The fourth-order valence-electron chi connectivity index (χ4n) is 4.88. The highest BCUT2D eigenvalue weighted by Crippen LogP contribution is 2.31. The molecule has 1 aliphatic rings. The van der Waals surface area contributed by atoms with Crippen LogP contribution in [-0.2, 0) is 17.6 Å². The summed E-state index contributed by atoms with van der Waals surface area (Å²) in [6.07, 6.45) is 0.416. The van der Waals surface area contributed by atoms with E-state index in [1.165, 1.54) is 47.0 Å². The lowest BCUT2D eigenvalue weighted by Gasteiger charge is -2.20. The molecule has 1 aromatic heterocycles. The molecule has 1 saturated heterocycles. The third kappa shape index (κ3) is 8.06. The van der Waals surface area contributed by atoms with E-state index in [4.69, 9.17) is 4.99 Å². The number of aryl methyl sites for hydroxylation is 3. The van der Waals surface area contributed by atoms with Crippen molar-refractivity contribution in [1.29, 1.82) is 0 Å². The van der Waals surface area contributed by atoms with Crippen molar-refractivity contribution >= 4 is 28.5 Å². The van der Waals surface area contributed by atoms with Gasteiger partial charge in [0.25, 0.3) is 0 Å². The lowest BCUT2D eigenvalue weighted by atomic mass is 10.0. The molecule has 0 bridgehead atoms. The minimum atomic E-state index is -4.74. The number of aliphatic imine (C=N–C) groups is 1. The number of amidine groups is 1. The van der Waals surface area contributed by atoms with Crippen LogP contribution in [0.15, 0.2) is 78.0 Å². The van der Waals surface area contributed by atoms with Gasteiger partial charge in [0.2, 0.25) is 5.91 Å². The van der Waals surface area contributed by atoms with Gasteiger partial charge in [0, 0.05) is 5.56 Å². The molecular weight excluding hydrogens is 589 g/mol. The summed E-state index contributed by atoms with van der Waals surface area (Å²) in [5.41, 5.74) is 5.75. The molecule has 4 aromatic rings. The van der Waals surface area contributed by atoms with Gasteiger partial charge in [-0.3, -0.25) is 15.0 Å². The maximum atomic E-state index is 12.8. The largest absolute Gasteiger partial charge is 0.573 e. The number of ether oxygens (including phenoxy) is 1. The summed E-state index contributed by atoms with van der Waals surface area (Å²) in [6.45, 7) is 5.35. The first kappa shape index (κ1) is 31.3. The first-order valence-electron chi connectivity index (χ1n) is 14.4. The van der Waals surface area contributed by atoms with Crippen LogP contribution in [-0.4, -0.2) is 51.2 Å². The van der Waals surface area contributed by atoms with E-state index >= 15 is 0 Å². The van der Waals surface area contributed by atoms with Gasteiger partial charge in [-0.2, -0.15) is 0 Å². The van der Waals surface area contributed by atoms with Gasteiger partial charge in [0.1, 0.15) is 12.1 Å². The zero-order valence-corrected chi connectivity index (χ0v) is 25.3. The SMILES string of the molecule is CCCc1ccc(C)cc1N1C(=O)CSC1=NCNCCCc1cccc(-c2ncn(-c3ccc(OC(F)(F)F)cc3)n2)c1. The van der Waals surface area contributed by atoms with Crippen molar-refractivity contribution in [2.24, 2.45) is 4.99 Å². The van der Waals surface area contributed by atoms with Gasteiger partial charge in [0.05, 0.1) is 23.8 Å². The number of alkyl halides is 3. The Morgan fingerprint density at radius 2 is 1.89 bits per heavy atom. The zero-order valence-electron chi connectivity index (χ0n) is 24.5. The van der Waals surface area contributed by atoms with E-state index in [9.17, 15) is 18.0 Å². The number of rotatable bonds is 12. The molecule has 12 heteroatoms. The highest BCUT2D eigenvalue weighted by molar-refractivity contribution is 8.15. The van der Waals surface area contributed by atoms with Crippen LogP contribution in [0, 0.1) is 6.92 Å². The van der Waals surface area contributed by atoms with Crippen molar-refractivity contribution in [3.63, 3.8) is 0 Å². The number of amides is 1. The Bertz CT molecular complexity index is 1620. The van der Waals surface area contributed by atoms with Crippen LogP contribution in [0.25, 0.3) is 17.1 Å². The van der Waals surface area contributed by atoms with Gasteiger partial charge >= 0.3 is 6.36 Å². The van der Waals surface area contributed by atoms with E-state index < -0.39 is 6.36 Å². The molecule has 1 aliphatic heterocycles. The van der Waals surface area contributed by atoms with Gasteiger partial charge in [-0.05, 0) is 85.8 Å². The number of hydrogen-bond donors (Lipinski definition) is 1. The molecule has 2 heterocycles. The van der Waals surface area contributed by atoms with Gasteiger partial charge in [0.15, 0.2) is 11.0 Å². The van der Waals surface area contributed by atoms with Crippen molar-refractivity contribution in [1.82, 2.24) is 20.1 Å². The van der Waals surface area contributed by atoms with Crippen LogP contribution in [0.5, 0.6) is 5.75 Å². The summed E-state index contributed by atoms with van der Waals surface area (Å²) in [7, 11) is 0. The number of nitrogens with zero attached hydrogens (tertiary/aromatic N) is 5. The second-order valence-electron chi connectivity index (χ2n) is 10.4. The zero-order chi connectivity index (χ0) is 31.1. The summed E-state index contributed by atoms with van der Waals surface area (Å²) < 4.78 is 42.7. The molecule has 8 nitrogen and oxygen atoms in total. The Morgan fingerprint density at radius 3 is 2.66 bits per heavy atom. The molecule has 1 fully saturated rings. The molecule has 0 radical (unpaired) electrons. The number of nitrogens with one attached hydrogen (secondary N) is 1. The minimum absolute atomic E-state index is 0.0596. The Hall–Kier alpha value is -4.16. The number of carbonyl (C=O) groups excluding carboxylic acids is 1. The van der Waals surface area contributed by atoms with Gasteiger partial charge < -0.3 is 4.74 Å². The van der Waals surface area contributed by atoms with Gasteiger partial charge in [-0.1, -0.05) is 55.4 Å². The highest BCUT2D eigenvalue weighted by Gasteiger charge is 2.32. The Kier molecular flexibility index (Phi) is 10.0. The lowest BCUT2D eigenvalue weighted by Crippen LogP contribution is -2.31. The van der Waals surface area contributed by atoms with Crippen molar-refractivity contribution in [2.45, 2.75) is 45.9 Å². The number of benzene rings is 3. The second kappa shape index (κ2) is 14.1. The molecule has 44 heavy (non-hydrogen) atoms. The molecule has 1 N–H and O–H groups in total. The summed E-state index contributed by atoms with van der Waals surface area (Å²) in [6, 6.07) is 19.7. The Labute approximate surface area is 258 Å². The standard InChI is InChI=1S/C32H33F3N6O2S/c1-3-6-24-11-10-22(2)17-28(24)41-29(42)19-44-31(41)37-20-36-16-5-8-23-7-4-9-25(18-23)30-38-21-40(39-30)26-12-14-27(15-13-26)43-32(33,34)35/h4,7,9-15,17-18,21,36H,3,5-6,8,16,19-20H2,1-2H3. The molecule has 0 aliphatic carbocycles. The van der Waals surface area contributed by atoms with Crippen LogP contribution in [0.2, 0.25) is 0 Å². The number of aromatic nitrogens is 3. The van der Waals surface area contributed by atoms with E-state index in [0.29, 0.717) is 23.9 Å². The quantitative estimate of drug-likeness (QED) is 0.177. The maximum absolute atomic E-state index is 12.8. The third-order valence-electron chi connectivity index (χ3n) is 6.92. The number of carbonyl (C=O) groups is 1. The Morgan fingerprint density at radius 1 is 1.07 bits per heavy atom. The van der Waals surface area contributed by atoms with Gasteiger partial charge in [-0.15, -0.1) is 18.3 Å². The van der Waals surface area contributed by atoms with E-state index in [1.807, 2.05) is 25.1 Å². The molecular formula is C32H33F3N6O2S. The molecule has 0 unspecified atom stereocenters. The van der Waals surface area contributed by atoms with Crippen molar-refractivity contribution in [3.05, 3.63) is 89.7 Å². The van der Waals surface area contributed by atoms with Crippen LogP contribution < -0.4 is 15.0 Å². The van der Waals surface area contributed by atoms with Crippen LogP contribution in [0.4, 0.5) is 18.9 Å². The molecule has 5 rings (SSSR count). The van der Waals surface area contributed by atoms with E-state index in [-0.39, 0.29) is 11.7 Å². The van der Waals surface area contributed by atoms with Crippen LogP contribution >= 0.6 is 11.8 Å². The molecule has 3 aromatic carbocycles. The molecule has 0 spiro atoms. The van der Waals surface area contributed by atoms with Crippen LogP contribution in [0.1, 0.15) is 36.5 Å². The van der Waals surface area contributed by atoms with Crippen LogP contribution in [0.3, 0.4) is 0 Å². The average Bonchev–Trinajstić information content (AvgIpc) is 3.63. The Balaban J connectivity index is 1.13. The number of hydrogen-bond acceptors (Lipinski definition) is 7. The summed E-state index contributed by atoms with van der Waals surface area (Å²) in [5, 5.41) is 8.59. The monoisotopic (exact) mass is 622 g/mol. The van der Waals surface area contributed by atoms with Gasteiger partial charge in [-0.25, -0.2) is 14.7 Å². The van der Waals surface area contributed by atoms with E-state index in [0.717, 1.165) is 65.3 Å². The second-order valence-corrected chi connectivity index (χ2v) is 11.3. The topological polar surface area (TPSA) is 84.6 Å². The fraction of sp³-hybridized carbons (Fsp3) is 0.312. The highest BCUT2D eigenvalue weighted by atomic mass is 32.2. The fourth-order valence-corrected chi connectivity index (χ4v) is 5.75. The molecule has 0 atom stereocenters. The number of anilines is 1. The minimum Gasteiger partial charge on any atom is -0.406 e. The average molecular weight is 623 g/mol. The molecule has 0 saturated carbocycles. The third-order valence-corrected chi connectivity index (χ3v) is 7.88. The predicted octanol–water partition coefficient (Wildman–Crippen LogP) is 6.71. The summed E-state index contributed by atoms with van der Waals surface area (Å²) in [5.74, 6) is 0.670.